The van der Waals surface area contributed by atoms with E-state index in [-0.39, 0.29) is 17.2 Å². The van der Waals surface area contributed by atoms with E-state index < -0.39 is 0 Å². The summed E-state index contributed by atoms with van der Waals surface area (Å²) >= 11 is 0. The Morgan fingerprint density at radius 3 is 2.40 bits per heavy atom. The summed E-state index contributed by atoms with van der Waals surface area (Å²) in [5.41, 5.74) is 1.24. The fourth-order valence-electron chi connectivity index (χ4n) is 2.53. The highest BCUT2D eigenvalue weighted by atomic mass is 16.6. The Morgan fingerprint density at radius 1 is 1.10 bits per heavy atom. The second-order valence-corrected chi connectivity index (χ2v) is 5.12. The largest absolute Gasteiger partial charge is 0.395 e. The van der Waals surface area contributed by atoms with Crippen LogP contribution in [0.1, 0.15) is 12.0 Å². The lowest BCUT2D eigenvalue weighted by atomic mass is 10.2. The van der Waals surface area contributed by atoms with Crippen molar-refractivity contribution in [2.45, 2.75) is 13.0 Å². The minimum absolute atomic E-state index is 0.138. The standard InChI is InChI=1S/C14H21N3O3/c18-11-10-15-6-1-7-16(9-8-15)12-13-2-4-14(5-3-13)17(19)20/h2-5,18H,1,6-12H2. The molecule has 0 aromatic heterocycles. The predicted molar refractivity (Wildman–Crippen MR) is 76.5 cm³/mol. The van der Waals surface area contributed by atoms with Gasteiger partial charge in [0, 0.05) is 38.3 Å². The second kappa shape index (κ2) is 7.33. The molecule has 0 aliphatic carbocycles. The Bertz CT molecular complexity index is 436. The topological polar surface area (TPSA) is 69.9 Å². The number of hydrogen-bond acceptors (Lipinski definition) is 5. The smallest absolute Gasteiger partial charge is 0.269 e. The monoisotopic (exact) mass is 279 g/mol. The number of nitro benzene ring substituents is 1. The summed E-state index contributed by atoms with van der Waals surface area (Å²) in [6, 6.07) is 6.78. The highest BCUT2D eigenvalue weighted by Crippen LogP contribution is 2.14. The maximum atomic E-state index is 10.6. The number of nitrogens with zero attached hydrogens (tertiary/aromatic N) is 3. The molecular formula is C14H21N3O3. The number of aliphatic hydroxyl groups is 1. The molecule has 1 aromatic carbocycles. The van der Waals surface area contributed by atoms with E-state index in [1.165, 1.54) is 0 Å². The first-order valence-corrected chi connectivity index (χ1v) is 6.98. The number of rotatable bonds is 5. The van der Waals surface area contributed by atoms with E-state index >= 15 is 0 Å². The van der Waals surface area contributed by atoms with Crippen LogP contribution in [0, 0.1) is 10.1 Å². The summed E-state index contributed by atoms with van der Waals surface area (Å²) < 4.78 is 0. The highest BCUT2D eigenvalue weighted by Gasteiger charge is 2.14. The van der Waals surface area contributed by atoms with Gasteiger partial charge in [0.15, 0.2) is 0 Å². The van der Waals surface area contributed by atoms with Crippen LogP contribution in [0.3, 0.4) is 0 Å². The van der Waals surface area contributed by atoms with Gasteiger partial charge in [-0.25, -0.2) is 0 Å². The lowest BCUT2D eigenvalue weighted by Gasteiger charge is -2.21. The fraction of sp³-hybridized carbons (Fsp3) is 0.571. The van der Waals surface area contributed by atoms with E-state index in [1.807, 2.05) is 12.1 Å². The molecule has 20 heavy (non-hydrogen) atoms. The van der Waals surface area contributed by atoms with E-state index in [4.69, 9.17) is 5.11 Å². The van der Waals surface area contributed by atoms with Crippen LogP contribution in [0.2, 0.25) is 0 Å². The van der Waals surface area contributed by atoms with Crippen LogP contribution in [0.4, 0.5) is 5.69 Å². The zero-order valence-corrected chi connectivity index (χ0v) is 11.6. The molecule has 1 heterocycles. The number of non-ortho nitro benzene ring substituents is 1. The zero-order valence-electron chi connectivity index (χ0n) is 11.6. The van der Waals surface area contributed by atoms with Crippen LogP contribution in [-0.2, 0) is 6.54 Å². The Kier molecular flexibility index (Phi) is 5.46. The van der Waals surface area contributed by atoms with Gasteiger partial charge in [-0.2, -0.15) is 0 Å². The van der Waals surface area contributed by atoms with Gasteiger partial charge >= 0.3 is 0 Å². The van der Waals surface area contributed by atoms with Gasteiger partial charge in [0.05, 0.1) is 11.5 Å². The second-order valence-electron chi connectivity index (χ2n) is 5.12. The molecule has 0 unspecified atom stereocenters. The van der Waals surface area contributed by atoms with Gasteiger partial charge in [-0.3, -0.25) is 19.9 Å². The summed E-state index contributed by atoms with van der Waals surface area (Å²) in [5.74, 6) is 0. The summed E-state index contributed by atoms with van der Waals surface area (Å²) in [4.78, 5) is 14.9. The predicted octanol–water partition coefficient (Wildman–Crippen LogP) is 1.09. The Labute approximate surface area is 118 Å². The van der Waals surface area contributed by atoms with Crippen molar-refractivity contribution in [2.24, 2.45) is 0 Å². The molecule has 1 fully saturated rings. The number of hydrogen-bond donors (Lipinski definition) is 1. The third-order valence-corrected chi connectivity index (χ3v) is 3.65. The number of benzene rings is 1. The number of nitro groups is 1. The molecule has 0 radical (unpaired) electrons. The van der Waals surface area contributed by atoms with Crippen LogP contribution < -0.4 is 0 Å². The molecule has 0 amide bonds. The van der Waals surface area contributed by atoms with Gasteiger partial charge in [-0.1, -0.05) is 12.1 Å². The summed E-state index contributed by atoms with van der Waals surface area (Å²) in [7, 11) is 0. The van der Waals surface area contributed by atoms with Gasteiger partial charge in [0.2, 0.25) is 0 Å². The molecule has 0 bridgehead atoms. The summed E-state index contributed by atoms with van der Waals surface area (Å²) in [6.45, 7) is 5.76. The normalized spacial score (nSPS) is 17.9. The molecule has 2 rings (SSSR count). The van der Waals surface area contributed by atoms with Gasteiger partial charge in [-0.15, -0.1) is 0 Å². The molecule has 0 atom stereocenters. The van der Waals surface area contributed by atoms with Gasteiger partial charge in [0.25, 0.3) is 5.69 Å². The van der Waals surface area contributed by atoms with Crippen LogP contribution in [0.25, 0.3) is 0 Å². The SMILES string of the molecule is O=[N+]([O-])c1ccc(CN2CCCN(CCO)CC2)cc1. The molecule has 1 aliphatic rings. The van der Waals surface area contributed by atoms with E-state index in [2.05, 4.69) is 9.80 Å². The van der Waals surface area contributed by atoms with Crippen molar-refractivity contribution in [1.29, 1.82) is 0 Å². The van der Waals surface area contributed by atoms with E-state index in [1.54, 1.807) is 12.1 Å². The molecule has 1 saturated heterocycles. The van der Waals surface area contributed by atoms with Crippen LogP contribution in [0.5, 0.6) is 0 Å². The van der Waals surface area contributed by atoms with Gasteiger partial charge in [0.1, 0.15) is 0 Å². The first-order chi connectivity index (χ1) is 9.69. The number of aliphatic hydroxyl groups excluding tert-OH is 1. The van der Waals surface area contributed by atoms with E-state index in [9.17, 15) is 10.1 Å². The Morgan fingerprint density at radius 2 is 1.75 bits per heavy atom. The summed E-state index contributed by atoms with van der Waals surface area (Å²) in [6.07, 6.45) is 1.09. The first-order valence-electron chi connectivity index (χ1n) is 6.98. The first kappa shape index (κ1) is 14.9. The van der Waals surface area contributed by atoms with Crippen molar-refractivity contribution in [3.8, 4) is 0 Å². The van der Waals surface area contributed by atoms with Crippen molar-refractivity contribution < 1.29 is 10.0 Å². The average molecular weight is 279 g/mol. The number of β-amino-alcohol motifs (C(OH)–C–C–N with tert-alkyl or cyclic N) is 1. The third kappa shape index (κ3) is 4.26. The van der Waals surface area contributed by atoms with Crippen LogP contribution in [-0.4, -0.2) is 59.2 Å². The Balaban J connectivity index is 1.88. The van der Waals surface area contributed by atoms with Crippen molar-refractivity contribution in [3.63, 3.8) is 0 Å². The van der Waals surface area contributed by atoms with Gasteiger partial charge < -0.3 is 5.11 Å². The van der Waals surface area contributed by atoms with Gasteiger partial charge in [-0.05, 0) is 25.1 Å². The molecule has 1 N–H and O–H groups in total. The Hall–Kier alpha value is -1.50. The average Bonchev–Trinajstić information content (AvgIpc) is 2.66. The van der Waals surface area contributed by atoms with Crippen LogP contribution >= 0.6 is 0 Å². The van der Waals surface area contributed by atoms with Crippen molar-refractivity contribution >= 4 is 5.69 Å². The minimum atomic E-state index is -0.373. The van der Waals surface area contributed by atoms with E-state index in [0.717, 1.165) is 51.3 Å². The third-order valence-electron chi connectivity index (χ3n) is 3.65. The molecule has 0 spiro atoms. The maximum absolute atomic E-state index is 10.6. The van der Waals surface area contributed by atoms with Crippen LogP contribution in [0.15, 0.2) is 24.3 Å². The lowest BCUT2D eigenvalue weighted by Crippen LogP contribution is -2.32. The summed E-state index contributed by atoms with van der Waals surface area (Å²) in [5, 5.41) is 19.6. The molecule has 1 aliphatic heterocycles. The maximum Gasteiger partial charge on any atom is 0.269 e. The molecule has 6 heteroatoms. The van der Waals surface area contributed by atoms with Crippen molar-refractivity contribution in [1.82, 2.24) is 9.80 Å². The highest BCUT2D eigenvalue weighted by molar-refractivity contribution is 5.32. The quantitative estimate of drug-likeness (QED) is 0.645. The van der Waals surface area contributed by atoms with E-state index in [0.29, 0.717) is 0 Å². The molecule has 1 aromatic rings. The molecule has 0 saturated carbocycles. The van der Waals surface area contributed by atoms with Crippen molar-refractivity contribution in [3.05, 3.63) is 39.9 Å². The molecular weight excluding hydrogens is 258 g/mol. The zero-order chi connectivity index (χ0) is 14.4. The van der Waals surface area contributed by atoms with Crippen molar-refractivity contribution in [2.75, 3.05) is 39.3 Å². The molecule has 110 valence electrons. The minimum Gasteiger partial charge on any atom is -0.395 e. The molecule has 6 nitrogen and oxygen atoms in total. The lowest BCUT2D eigenvalue weighted by molar-refractivity contribution is -0.384. The fourth-order valence-corrected chi connectivity index (χ4v) is 2.53.